The third-order valence-electron chi connectivity index (χ3n) is 6.39. The summed E-state index contributed by atoms with van der Waals surface area (Å²) in [6, 6.07) is 10.8. The first-order valence-corrected chi connectivity index (χ1v) is 12.7. The predicted molar refractivity (Wildman–Crippen MR) is 135 cm³/mol. The molecule has 0 saturated carbocycles. The lowest BCUT2D eigenvalue weighted by molar-refractivity contribution is 0.102. The molecule has 8 nitrogen and oxygen atoms in total. The Morgan fingerprint density at radius 2 is 1.83 bits per heavy atom. The number of thiazole rings is 1. The molecule has 0 unspecified atom stereocenters. The summed E-state index contributed by atoms with van der Waals surface area (Å²) in [6.45, 7) is 1.76. The van der Waals surface area contributed by atoms with E-state index < -0.39 is 0 Å². The number of benzene rings is 2. The molecule has 0 bridgehead atoms. The van der Waals surface area contributed by atoms with E-state index in [0.717, 1.165) is 54.9 Å². The molecule has 2 aliphatic heterocycles. The molecule has 1 N–H and O–H groups in total. The Balaban J connectivity index is 1.24. The molecule has 0 radical (unpaired) electrons. The van der Waals surface area contributed by atoms with Gasteiger partial charge < -0.3 is 9.47 Å². The molecule has 2 aromatic carbocycles. The topological polar surface area (TPSA) is 95.3 Å². The third-order valence-corrected chi connectivity index (χ3v) is 7.15. The zero-order valence-electron chi connectivity index (χ0n) is 19.1. The average molecular weight is 489 g/mol. The molecule has 35 heavy (non-hydrogen) atoms. The number of hydrogen-bond donors (Lipinski definition) is 1. The molecule has 0 aliphatic carbocycles. The summed E-state index contributed by atoms with van der Waals surface area (Å²) in [5.41, 5.74) is 2.61. The second kappa shape index (κ2) is 9.14. The van der Waals surface area contributed by atoms with Gasteiger partial charge in [-0.2, -0.15) is 0 Å². The van der Waals surface area contributed by atoms with Crippen molar-refractivity contribution in [2.24, 2.45) is 0 Å². The van der Waals surface area contributed by atoms with Gasteiger partial charge in [-0.3, -0.25) is 19.5 Å². The van der Waals surface area contributed by atoms with Gasteiger partial charge in [0.25, 0.3) is 11.5 Å². The van der Waals surface area contributed by atoms with Gasteiger partial charge in [0, 0.05) is 29.5 Å². The monoisotopic (exact) mass is 488 g/mol. The normalized spacial score (nSPS) is 15.2. The Kier molecular flexibility index (Phi) is 5.69. The quantitative estimate of drug-likeness (QED) is 0.451. The fourth-order valence-electron chi connectivity index (χ4n) is 4.57. The van der Waals surface area contributed by atoms with Gasteiger partial charge in [0.15, 0.2) is 16.6 Å². The van der Waals surface area contributed by atoms with Gasteiger partial charge in [-0.05, 0) is 49.2 Å². The van der Waals surface area contributed by atoms with Crippen LogP contribution in [-0.2, 0) is 13.0 Å². The van der Waals surface area contributed by atoms with Crippen LogP contribution in [0.4, 0.5) is 5.13 Å². The zero-order valence-corrected chi connectivity index (χ0v) is 19.9. The Morgan fingerprint density at radius 1 is 0.971 bits per heavy atom. The third kappa shape index (κ3) is 4.27. The molecule has 2 aromatic heterocycles. The van der Waals surface area contributed by atoms with Crippen LogP contribution in [0.1, 0.15) is 41.9 Å². The summed E-state index contributed by atoms with van der Waals surface area (Å²) in [5, 5.41) is 5.80. The minimum atomic E-state index is -0.288. The molecule has 4 aromatic rings. The molecule has 6 rings (SSSR count). The van der Waals surface area contributed by atoms with E-state index in [9.17, 15) is 9.59 Å². The summed E-state index contributed by atoms with van der Waals surface area (Å²) in [4.78, 5) is 35.3. The maximum atomic E-state index is 13.0. The number of ether oxygens (including phenoxy) is 2. The zero-order chi connectivity index (χ0) is 23.8. The highest BCUT2D eigenvalue weighted by molar-refractivity contribution is 7.14. The summed E-state index contributed by atoms with van der Waals surface area (Å²) < 4.78 is 13.0. The van der Waals surface area contributed by atoms with E-state index in [1.54, 1.807) is 22.8 Å². The van der Waals surface area contributed by atoms with Crippen LogP contribution in [0, 0.1) is 0 Å². The molecule has 0 fully saturated rings. The van der Waals surface area contributed by atoms with Crippen molar-refractivity contribution in [1.82, 2.24) is 14.5 Å². The standard InChI is InChI=1S/C26H24N4O4S/c31-24(29-26-28-20(15-35-26)16-7-9-21-22(14-16)34-12-11-33-21)17-6-8-18-19(13-17)27-23-5-3-1-2-4-10-30(23)25(18)32/h6-9,13-15H,1-5,10-12H2,(H,28,29,31). The lowest BCUT2D eigenvalue weighted by Crippen LogP contribution is -2.26. The highest BCUT2D eigenvalue weighted by Crippen LogP contribution is 2.35. The van der Waals surface area contributed by atoms with Crippen LogP contribution >= 0.6 is 11.3 Å². The van der Waals surface area contributed by atoms with Crippen molar-refractivity contribution in [1.29, 1.82) is 0 Å². The van der Waals surface area contributed by atoms with Crippen LogP contribution in [0.25, 0.3) is 22.2 Å². The molecule has 0 spiro atoms. The van der Waals surface area contributed by atoms with Crippen molar-refractivity contribution in [3.8, 4) is 22.8 Å². The first-order valence-electron chi connectivity index (χ1n) is 11.9. The number of hydrogen-bond acceptors (Lipinski definition) is 7. The number of rotatable bonds is 3. The highest BCUT2D eigenvalue weighted by Gasteiger charge is 2.17. The first kappa shape index (κ1) is 21.8. The van der Waals surface area contributed by atoms with Crippen LogP contribution in [0.2, 0.25) is 0 Å². The number of nitrogens with one attached hydrogen (secondary N) is 1. The van der Waals surface area contributed by atoms with Crippen LogP contribution in [0.3, 0.4) is 0 Å². The highest BCUT2D eigenvalue weighted by atomic mass is 32.1. The van der Waals surface area contributed by atoms with Crippen LogP contribution in [0.15, 0.2) is 46.6 Å². The summed E-state index contributed by atoms with van der Waals surface area (Å²) in [5.74, 6) is 1.94. The molecule has 0 saturated heterocycles. The number of anilines is 1. The molecular weight excluding hydrogens is 464 g/mol. The molecule has 9 heteroatoms. The minimum absolute atomic E-state index is 0.0251. The number of fused-ring (bicyclic) bond motifs is 3. The van der Waals surface area contributed by atoms with Crippen molar-refractivity contribution in [2.45, 2.75) is 38.6 Å². The van der Waals surface area contributed by atoms with E-state index in [2.05, 4.69) is 10.3 Å². The maximum absolute atomic E-state index is 13.0. The second-order valence-electron chi connectivity index (χ2n) is 8.73. The van der Waals surface area contributed by atoms with Gasteiger partial charge in [0.1, 0.15) is 19.0 Å². The van der Waals surface area contributed by atoms with Crippen LogP contribution in [-0.4, -0.2) is 33.7 Å². The van der Waals surface area contributed by atoms with Gasteiger partial charge in [-0.1, -0.05) is 12.8 Å². The molecular formula is C26H24N4O4S. The number of amides is 1. The lowest BCUT2D eigenvalue weighted by atomic mass is 10.1. The van der Waals surface area contributed by atoms with Crippen LogP contribution in [0.5, 0.6) is 11.5 Å². The molecule has 0 atom stereocenters. The van der Waals surface area contributed by atoms with Gasteiger partial charge in [0.05, 0.1) is 16.6 Å². The Morgan fingerprint density at radius 3 is 2.74 bits per heavy atom. The summed E-state index contributed by atoms with van der Waals surface area (Å²) >= 11 is 1.35. The Bertz CT molecular complexity index is 1490. The summed E-state index contributed by atoms with van der Waals surface area (Å²) in [6.07, 6.45) is 5.08. The number of carbonyl (C=O) groups is 1. The number of aryl methyl sites for hydroxylation is 1. The van der Waals surface area contributed by atoms with Crippen molar-refractivity contribution < 1.29 is 14.3 Å². The van der Waals surface area contributed by atoms with E-state index in [4.69, 9.17) is 14.5 Å². The van der Waals surface area contributed by atoms with Gasteiger partial charge in [-0.25, -0.2) is 9.97 Å². The van der Waals surface area contributed by atoms with Crippen molar-refractivity contribution in [2.75, 3.05) is 18.5 Å². The number of carbonyl (C=O) groups excluding carboxylic acids is 1. The minimum Gasteiger partial charge on any atom is -0.486 e. The molecule has 2 aliphatic rings. The van der Waals surface area contributed by atoms with E-state index >= 15 is 0 Å². The SMILES string of the molecule is O=C(Nc1nc(-c2ccc3c(c2)OCCO3)cs1)c1ccc2c(=O)n3c(nc2c1)CCCCCC3. The van der Waals surface area contributed by atoms with E-state index in [0.29, 0.717) is 47.1 Å². The average Bonchev–Trinajstić information content (AvgIpc) is 3.33. The largest absolute Gasteiger partial charge is 0.486 e. The fourth-order valence-corrected chi connectivity index (χ4v) is 5.29. The smallest absolute Gasteiger partial charge is 0.261 e. The Labute approximate surface area is 205 Å². The molecule has 4 heterocycles. The van der Waals surface area contributed by atoms with Crippen molar-refractivity contribution in [3.05, 3.63) is 63.5 Å². The number of nitrogens with zero attached hydrogens (tertiary/aromatic N) is 3. The predicted octanol–water partition coefficient (Wildman–Crippen LogP) is 4.66. The fraction of sp³-hybridized carbons (Fsp3) is 0.308. The first-order chi connectivity index (χ1) is 17.2. The lowest BCUT2D eigenvalue weighted by Gasteiger charge is -2.18. The maximum Gasteiger partial charge on any atom is 0.261 e. The molecule has 1 amide bonds. The van der Waals surface area contributed by atoms with Crippen molar-refractivity contribution in [3.63, 3.8) is 0 Å². The summed E-state index contributed by atoms with van der Waals surface area (Å²) in [7, 11) is 0. The van der Waals surface area contributed by atoms with Gasteiger partial charge in [-0.15, -0.1) is 11.3 Å². The van der Waals surface area contributed by atoms with Gasteiger partial charge in [0.2, 0.25) is 0 Å². The van der Waals surface area contributed by atoms with E-state index in [1.807, 2.05) is 23.6 Å². The van der Waals surface area contributed by atoms with E-state index in [1.165, 1.54) is 11.3 Å². The Hall–Kier alpha value is -3.72. The second-order valence-corrected chi connectivity index (χ2v) is 9.59. The molecule has 178 valence electrons. The number of aromatic nitrogens is 3. The van der Waals surface area contributed by atoms with Crippen LogP contribution < -0.4 is 20.3 Å². The van der Waals surface area contributed by atoms with Gasteiger partial charge >= 0.3 is 0 Å². The van der Waals surface area contributed by atoms with Crippen molar-refractivity contribution >= 4 is 33.3 Å². The van der Waals surface area contributed by atoms with E-state index in [-0.39, 0.29) is 11.5 Å².